The lowest BCUT2D eigenvalue weighted by molar-refractivity contribution is -0.116. The number of carbonyl (C=O) groups excluding carboxylic acids is 1. The summed E-state index contributed by atoms with van der Waals surface area (Å²) in [5.74, 6) is -1.08. The van der Waals surface area contributed by atoms with Crippen LogP contribution < -0.4 is 0 Å². The van der Waals surface area contributed by atoms with Gasteiger partial charge in [-0.1, -0.05) is 35.9 Å². The molecule has 28 heavy (non-hydrogen) atoms. The summed E-state index contributed by atoms with van der Waals surface area (Å²) >= 11 is 0. The first-order valence-electron chi connectivity index (χ1n) is 8.73. The van der Waals surface area contributed by atoms with Crippen LogP contribution in [0, 0.1) is 6.92 Å². The molecule has 0 saturated carbocycles. The van der Waals surface area contributed by atoms with Gasteiger partial charge in [-0.05, 0) is 37.6 Å². The lowest BCUT2D eigenvalue weighted by Gasteiger charge is -2.19. The summed E-state index contributed by atoms with van der Waals surface area (Å²) in [4.78, 5) is 12.4. The van der Waals surface area contributed by atoms with Crippen molar-refractivity contribution < 1.29 is 25.8 Å². The second-order valence-electron chi connectivity index (χ2n) is 6.60. The van der Waals surface area contributed by atoms with Gasteiger partial charge in [0.05, 0.1) is 10.6 Å². The number of benzene rings is 2. The van der Waals surface area contributed by atoms with Crippen molar-refractivity contribution in [1.29, 1.82) is 0 Å². The summed E-state index contributed by atoms with van der Waals surface area (Å²) in [6.45, 7) is 1.83. The van der Waals surface area contributed by atoms with Crippen molar-refractivity contribution in [1.82, 2.24) is 0 Å². The third-order valence-corrected chi connectivity index (χ3v) is 7.37. The SMILES string of the molecule is Cc1ccc(S(=O)(=O)OC2=C(CS(=O)(=O)c3ccccc3)C(=O)CCC2)cc1. The second kappa shape index (κ2) is 7.89. The van der Waals surface area contributed by atoms with Gasteiger partial charge in [-0.25, -0.2) is 8.42 Å². The van der Waals surface area contributed by atoms with E-state index in [4.69, 9.17) is 4.18 Å². The molecule has 0 spiro atoms. The molecule has 6 nitrogen and oxygen atoms in total. The molecule has 0 bridgehead atoms. The summed E-state index contributed by atoms with van der Waals surface area (Å²) in [7, 11) is -7.96. The van der Waals surface area contributed by atoms with E-state index in [0.717, 1.165) is 5.56 Å². The fourth-order valence-electron chi connectivity index (χ4n) is 2.91. The minimum atomic E-state index is -4.16. The Hall–Kier alpha value is -2.45. The lowest BCUT2D eigenvalue weighted by Crippen LogP contribution is -2.22. The van der Waals surface area contributed by atoms with Gasteiger partial charge in [0.1, 0.15) is 10.7 Å². The van der Waals surface area contributed by atoms with E-state index in [1.807, 2.05) is 6.92 Å². The van der Waals surface area contributed by atoms with Crippen LogP contribution >= 0.6 is 0 Å². The van der Waals surface area contributed by atoms with Crippen LogP contribution in [0.1, 0.15) is 24.8 Å². The topological polar surface area (TPSA) is 94.6 Å². The normalized spacial score (nSPS) is 15.5. The molecule has 0 unspecified atom stereocenters. The minimum Gasteiger partial charge on any atom is -0.383 e. The number of rotatable bonds is 6. The number of ketones is 1. The van der Waals surface area contributed by atoms with Crippen LogP contribution in [0.15, 0.2) is 75.7 Å². The maximum absolute atomic E-state index is 12.7. The standard InChI is InChI=1S/C20H20O6S2/c1-15-10-12-17(13-11-15)28(24,25)26-20-9-5-8-19(21)18(20)14-27(22,23)16-6-3-2-4-7-16/h2-4,6-7,10-13H,5,8-9,14H2,1H3. The maximum atomic E-state index is 12.7. The quantitative estimate of drug-likeness (QED) is 0.666. The molecule has 0 fully saturated rings. The van der Waals surface area contributed by atoms with Crippen molar-refractivity contribution in [3.63, 3.8) is 0 Å². The largest absolute Gasteiger partial charge is 0.383 e. The molecule has 1 aliphatic carbocycles. The van der Waals surface area contributed by atoms with Crippen molar-refractivity contribution in [3.05, 3.63) is 71.5 Å². The molecule has 0 radical (unpaired) electrons. The number of allylic oxidation sites excluding steroid dienone is 1. The Kier molecular flexibility index (Phi) is 5.71. The van der Waals surface area contributed by atoms with Crippen LogP contribution in [0.2, 0.25) is 0 Å². The molecular weight excluding hydrogens is 400 g/mol. The smallest absolute Gasteiger partial charge is 0.338 e. The van der Waals surface area contributed by atoms with Crippen LogP contribution in [-0.4, -0.2) is 28.4 Å². The predicted molar refractivity (Wildman–Crippen MR) is 104 cm³/mol. The highest BCUT2D eigenvalue weighted by Gasteiger charge is 2.30. The Balaban J connectivity index is 1.96. The highest BCUT2D eigenvalue weighted by molar-refractivity contribution is 7.91. The van der Waals surface area contributed by atoms with E-state index in [9.17, 15) is 21.6 Å². The molecular formula is C20H20O6S2. The molecule has 3 rings (SSSR count). The number of hydrogen-bond donors (Lipinski definition) is 0. The fourth-order valence-corrected chi connectivity index (χ4v) is 5.36. The first kappa shape index (κ1) is 20.3. The molecule has 0 amide bonds. The molecule has 0 aliphatic heterocycles. The summed E-state index contributed by atoms with van der Waals surface area (Å²) in [5.41, 5.74) is 0.798. The average Bonchev–Trinajstić information content (AvgIpc) is 2.65. The van der Waals surface area contributed by atoms with E-state index in [1.54, 1.807) is 30.3 Å². The number of carbonyl (C=O) groups is 1. The van der Waals surface area contributed by atoms with Crippen LogP contribution in [-0.2, 0) is 28.9 Å². The second-order valence-corrected chi connectivity index (χ2v) is 10.1. The highest BCUT2D eigenvalue weighted by atomic mass is 32.2. The number of aryl methyl sites for hydroxylation is 1. The van der Waals surface area contributed by atoms with Gasteiger partial charge in [-0.15, -0.1) is 0 Å². The molecule has 2 aromatic rings. The van der Waals surface area contributed by atoms with Crippen molar-refractivity contribution in [2.45, 2.75) is 36.0 Å². The van der Waals surface area contributed by atoms with Gasteiger partial charge in [0.15, 0.2) is 15.6 Å². The van der Waals surface area contributed by atoms with Gasteiger partial charge in [-0.2, -0.15) is 8.42 Å². The summed E-state index contributed by atoms with van der Waals surface area (Å²) in [5, 5.41) is 0. The van der Waals surface area contributed by atoms with E-state index in [0.29, 0.717) is 6.42 Å². The zero-order valence-corrected chi connectivity index (χ0v) is 16.9. The molecule has 0 aromatic heterocycles. The first-order chi connectivity index (χ1) is 13.2. The van der Waals surface area contributed by atoms with Crippen molar-refractivity contribution in [2.24, 2.45) is 0 Å². The Labute approximate surface area is 164 Å². The number of Topliss-reactive ketones (excluding diaryl/α,β-unsaturated/α-hetero) is 1. The van der Waals surface area contributed by atoms with E-state index in [2.05, 4.69) is 0 Å². The van der Waals surface area contributed by atoms with Gasteiger partial charge in [-0.3, -0.25) is 4.79 Å². The van der Waals surface area contributed by atoms with Gasteiger partial charge < -0.3 is 4.18 Å². The van der Waals surface area contributed by atoms with Gasteiger partial charge >= 0.3 is 10.1 Å². The number of sulfone groups is 1. The molecule has 0 N–H and O–H groups in total. The van der Waals surface area contributed by atoms with E-state index in [-0.39, 0.29) is 34.0 Å². The average molecular weight is 421 g/mol. The third kappa shape index (κ3) is 4.51. The predicted octanol–water partition coefficient (Wildman–Crippen LogP) is 3.18. The highest BCUT2D eigenvalue weighted by Crippen LogP contribution is 2.29. The molecule has 8 heteroatoms. The summed E-state index contributed by atoms with van der Waals surface area (Å²) < 4.78 is 55.7. The van der Waals surface area contributed by atoms with E-state index >= 15 is 0 Å². The first-order valence-corrected chi connectivity index (χ1v) is 11.8. The van der Waals surface area contributed by atoms with Crippen LogP contribution in [0.4, 0.5) is 0 Å². The fraction of sp³-hybridized carbons (Fsp3) is 0.250. The monoisotopic (exact) mass is 420 g/mol. The van der Waals surface area contributed by atoms with Crippen LogP contribution in [0.3, 0.4) is 0 Å². The number of hydrogen-bond acceptors (Lipinski definition) is 6. The summed E-state index contributed by atoms with van der Waals surface area (Å²) in [6.07, 6.45) is 0.764. The van der Waals surface area contributed by atoms with E-state index < -0.39 is 31.5 Å². The zero-order valence-electron chi connectivity index (χ0n) is 15.3. The van der Waals surface area contributed by atoms with E-state index in [1.165, 1.54) is 24.3 Å². The zero-order chi connectivity index (χ0) is 20.4. The molecule has 0 atom stereocenters. The van der Waals surface area contributed by atoms with Crippen molar-refractivity contribution in [2.75, 3.05) is 5.75 Å². The van der Waals surface area contributed by atoms with Gasteiger partial charge in [0, 0.05) is 18.4 Å². The lowest BCUT2D eigenvalue weighted by atomic mass is 9.98. The molecule has 2 aromatic carbocycles. The van der Waals surface area contributed by atoms with Crippen molar-refractivity contribution >= 4 is 25.7 Å². The summed E-state index contributed by atoms with van der Waals surface area (Å²) in [6, 6.07) is 13.8. The Morgan fingerprint density at radius 1 is 0.857 bits per heavy atom. The van der Waals surface area contributed by atoms with Crippen LogP contribution in [0.25, 0.3) is 0 Å². The van der Waals surface area contributed by atoms with Crippen LogP contribution in [0.5, 0.6) is 0 Å². The minimum absolute atomic E-state index is 0.0473. The Morgan fingerprint density at radius 2 is 1.50 bits per heavy atom. The maximum Gasteiger partial charge on any atom is 0.338 e. The van der Waals surface area contributed by atoms with Gasteiger partial charge in [0.25, 0.3) is 0 Å². The van der Waals surface area contributed by atoms with Crippen molar-refractivity contribution in [3.8, 4) is 0 Å². The molecule has 1 aliphatic rings. The Bertz CT molecular complexity index is 1110. The third-order valence-electron chi connectivity index (χ3n) is 4.44. The molecule has 0 heterocycles. The molecule has 148 valence electrons. The molecule has 0 saturated heterocycles. The Morgan fingerprint density at radius 3 is 2.14 bits per heavy atom. The van der Waals surface area contributed by atoms with Gasteiger partial charge in [0.2, 0.25) is 0 Å².